The number of hydrogen-bond donors (Lipinski definition) is 1. The lowest BCUT2D eigenvalue weighted by molar-refractivity contribution is -0.0322. The maximum Gasteiger partial charge on any atom is 0.0838 e. The number of aliphatic hydroxyl groups excluding tert-OH is 1. The lowest BCUT2D eigenvalue weighted by Gasteiger charge is -2.18. The summed E-state index contributed by atoms with van der Waals surface area (Å²) in [7, 11) is 0. The van der Waals surface area contributed by atoms with Crippen molar-refractivity contribution in [2.75, 3.05) is 0 Å². The van der Waals surface area contributed by atoms with Crippen molar-refractivity contribution in [3.8, 4) is 0 Å². The molecule has 0 amide bonds. The van der Waals surface area contributed by atoms with Crippen LogP contribution < -0.4 is 0 Å². The van der Waals surface area contributed by atoms with Gasteiger partial charge >= 0.3 is 0 Å². The van der Waals surface area contributed by atoms with Crippen LogP contribution in [0, 0.1) is 0 Å². The summed E-state index contributed by atoms with van der Waals surface area (Å²) in [6.45, 7) is 4.37. The second kappa shape index (κ2) is 11.6. The highest BCUT2D eigenvalue weighted by Crippen LogP contribution is 2.24. The molecule has 1 N–H and O–H groups in total. The van der Waals surface area contributed by atoms with Gasteiger partial charge in [0.2, 0.25) is 0 Å². The molecule has 1 rings (SSSR count). The van der Waals surface area contributed by atoms with Crippen LogP contribution in [-0.2, 0) is 4.74 Å². The highest BCUT2D eigenvalue weighted by atomic mass is 16.5. The fraction of sp³-hybridized carbons (Fsp3) is 1.00. The molecule has 0 aromatic heterocycles. The number of rotatable bonds is 12. The minimum Gasteiger partial charge on any atom is -0.390 e. The smallest absolute Gasteiger partial charge is 0.0838 e. The van der Waals surface area contributed by atoms with Crippen molar-refractivity contribution in [1.29, 1.82) is 0 Å². The van der Waals surface area contributed by atoms with E-state index in [-0.39, 0.29) is 12.2 Å². The standard InChI is InChI=1S/C18H36O2/c1-3-4-5-6-7-8-9-10-11-12-13-17(19)18-15-14-16(2)20-18/h16-19H,3-15H2,1-2H3/t16-,17+,18-/m1/s1. The molecular weight excluding hydrogens is 248 g/mol. The minimum absolute atomic E-state index is 0.114. The monoisotopic (exact) mass is 284 g/mol. The lowest BCUT2D eigenvalue weighted by atomic mass is 10.0. The molecule has 1 fully saturated rings. The average Bonchev–Trinajstić information content (AvgIpc) is 2.87. The van der Waals surface area contributed by atoms with E-state index < -0.39 is 0 Å². The second-order valence-corrected chi connectivity index (χ2v) is 6.60. The molecule has 120 valence electrons. The van der Waals surface area contributed by atoms with Gasteiger partial charge in [0.1, 0.15) is 0 Å². The zero-order valence-electron chi connectivity index (χ0n) is 13.8. The summed E-state index contributed by atoms with van der Waals surface area (Å²) in [6.07, 6.45) is 16.8. The fourth-order valence-electron chi connectivity index (χ4n) is 3.14. The van der Waals surface area contributed by atoms with Gasteiger partial charge in [-0.15, -0.1) is 0 Å². The van der Waals surface area contributed by atoms with Crippen LogP contribution in [0.1, 0.15) is 97.3 Å². The number of ether oxygens (including phenoxy) is 1. The predicted octanol–water partition coefficient (Wildman–Crippen LogP) is 5.23. The van der Waals surface area contributed by atoms with E-state index in [1.807, 2.05) is 0 Å². The van der Waals surface area contributed by atoms with Crippen LogP contribution in [0.5, 0.6) is 0 Å². The molecule has 1 aliphatic rings. The summed E-state index contributed by atoms with van der Waals surface area (Å²) >= 11 is 0. The fourth-order valence-corrected chi connectivity index (χ4v) is 3.14. The molecule has 1 heterocycles. The van der Waals surface area contributed by atoms with Gasteiger partial charge in [-0.25, -0.2) is 0 Å². The first-order valence-electron chi connectivity index (χ1n) is 9.07. The van der Waals surface area contributed by atoms with Crippen LogP contribution in [0.4, 0.5) is 0 Å². The summed E-state index contributed by atoms with van der Waals surface area (Å²) in [5, 5.41) is 10.1. The second-order valence-electron chi connectivity index (χ2n) is 6.60. The molecule has 2 nitrogen and oxygen atoms in total. The molecular formula is C18H36O2. The van der Waals surface area contributed by atoms with E-state index >= 15 is 0 Å². The van der Waals surface area contributed by atoms with E-state index in [9.17, 15) is 5.11 Å². The van der Waals surface area contributed by atoms with Gasteiger partial charge in [0.25, 0.3) is 0 Å². The van der Waals surface area contributed by atoms with E-state index in [1.165, 1.54) is 57.8 Å². The minimum atomic E-state index is -0.228. The molecule has 1 aliphatic heterocycles. The van der Waals surface area contributed by atoms with Gasteiger partial charge in [-0.05, 0) is 26.2 Å². The van der Waals surface area contributed by atoms with Gasteiger partial charge in [-0.3, -0.25) is 0 Å². The quantitative estimate of drug-likeness (QED) is 0.497. The summed E-state index contributed by atoms with van der Waals surface area (Å²) < 4.78 is 5.72. The Bertz CT molecular complexity index is 217. The third kappa shape index (κ3) is 8.26. The first-order valence-corrected chi connectivity index (χ1v) is 9.07. The number of hydrogen-bond acceptors (Lipinski definition) is 2. The maximum atomic E-state index is 10.1. The third-order valence-corrected chi connectivity index (χ3v) is 4.55. The summed E-state index contributed by atoms with van der Waals surface area (Å²) in [5.41, 5.74) is 0. The van der Waals surface area contributed by atoms with Crippen molar-refractivity contribution in [3.05, 3.63) is 0 Å². The molecule has 3 atom stereocenters. The largest absolute Gasteiger partial charge is 0.390 e. The lowest BCUT2D eigenvalue weighted by Crippen LogP contribution is -2.25. The van der Waals surface area contributed by atoms with Gasteiger partial charge in [-0.1, -0.05) is 71.1 Å². The molecule has 0 saturated carbocycles. The molecule has 0 radical (unpaired) electrons. The normalized spacial score (nSPS) is 24.1. The zero-order valence-corrected chi connectivity index (χ0v) is 13.8. The van der Waals surface area contributed by atoms with E-state index in [0.29, 0.717) is 6.10 Å². The SMILES string of the molecule is CCCCCCCCCCCC[C@H](O)[C@H]1CC[C@@H](C)O1. The summed E-state index contributed by atoms with van der Waals surface area (Å²) in [5.74, 6) is 0. The van der Waals surface area contributed by atoms with Crippen molar-refractivity contribution in [3.63, 3.8) is 0 Å². The van der Waals surface area contributed by atoms with Crippen LogP contribution in [-0.4, -0.2) is 23.4 Å². The Morgan fingerprint density at radius 1 is 0.900 bits per heavy atom. The van der Waals surface area contributed by atoms with Crippen molar-refractivity contribution >= 4 is 0 Å². The van der Waals surface area contributed by atoms with Gasteiger partial charge in [0, 0.05) is 0 Å². The molecule has 0 spiro atoms. The first kappa shape index (κ1) is 18.0. The molecule has 0 bridgehead atoms. The van der Waals surface area contributed by atoms with Crippen LogP contribution >= 0.6 is 0 Å². The number of aliphatic hydroxyl groups is 1. The van der Waals surface area contributed by atoms with E-state index in [0.717, 1.165) is 25.7 Å². The van der Waals surface area contributed by atoms with Crippen LogP contribution in [0.15, 0.2) is 0 Å². The van der Waals surface area contributed by atoms with Crippen molar-refractivity contribution in [1.82, 2.24) is 0 Å². The molecule has 0 aliphatic carbocycles. The van der Waals surface area contributed by atoms with Crippen molar-refractivity contribution in [2.45, 2.75) is 116 Å². The van der Waals surface area contributed by atoms with Crippen molar-refractivity contribution in [2.24, 2.45) is 0 Å². The van der Waals surface area contributed by atoms with Gasteiger partial charge in [0.05, 0.1) is 18.3 Å². The molecule has 2 heteroatoms. The van der Waals surface area contributed by atoms with Crippen LogP contribution in [0.3, 0.4) is 0 Å². The molecule has 0 unspecified atom stereocenters. The van der Waals surface area contributed by atoms with Crippen molar-refractivity contribution < 1.29 is 9.84 Å². The summed E-state index contributed by atoms with van der Waals surface area (Å²) in [6, 6.07) is 0. The predicted molar refractivity (Wildman–Crippen MR) is 86.0 cm³/mol. The highest BCUT2D eigenvalue weighted by molar-refractivity contribution is 4.77. The highest BCUT2D eigenvalue weighted by Gasteiger charge is 2.27. The Morgan fingerprint density at radius 3 is 1.95 bits per heavy atom. The van der Waals surface area contributed by atoms with Crippen LogP contribution in [0.2, 0.25) is 0 Å². The summed E-state index contributed by atoms with van der Waals surface area (Å²) in [4.78, 5) is 0. The Balaban J connectivity index is 1.82. The van der Waals surface area contributed by atoms with Crippen LogP contribution in [0.25, 0.3) is 0 Å². The third-order valence-electron chi connectivity index (χ3n) is 4.55. The Hall–Kier alpha value is -0.0800. The Kier molecular flexibility index (Phi) is 10.4. The topological polar surface area (TPSA) is 29.5 Å². The maximum absolute atomic E-state index is 10.1. The van der Waals surface area contributed by atoms with E-state index in [2.05, 4.69) is 13.8 Å². The van der Waals surface area contributed by atoms with Gasteiger partial charge < -0.3 is 9.84 Å². The molecule has 0 aromatic carbocycles. The molecule has 1 saturated heterocycles. The van der Waals surface area contributed by atoms with E-state index in [4.69, 9.17) is 4.74 Å². The molecule has 0 aromatic rings. The van der Waals surface area contributed by atoms with Gasteiger partial charge in [0.15, 0.2) is 0 Å². The average molecular weight is 284 g/mol. The van der Waals surface area contributed by atoms with Gasteiger partial charge in [-0.2, -0.15) is 0 Å². The zero-order chi connectivity index (χ0) is 14.6. The number of unbranched alkanes of at least 4 members (excludes halogenated alkanes) is 9. The Morgan fingerprint density at radius 2 is 1.45 bits per heavy atom. The molecule has 20 heavy (non-hydrogen) atoms. The first-order chi connectivity index (χ1) is 9.74. The Labute approximate surface area is 126 Å². The van der Waals surface area contributed by atoms with E-state index in [1.54, 1.807) is 0 Å².